The topological polar surface area (TPSA) is 32.3 Å². The van der Waals surface area contributed by atoms with E-state index in [9.17, 15) is 13.9 Å². The molecule has 4 heteroatoms. The molecule has 1 aliphatic carbocycles. The Balaban J connectivity index is 1.81. The molecular weight excluding hydrogens is 224 g/mol. The molecule has 2 nitrogen and oxygen atoms in total. The summed E-state index contributed by atoms with van der Waals surface area (Å²) in [6.45, 7) is 1.27. The van der Waals surface area contributed by atoms with Crippen molar-refractivity contribution in [1.29, 1.82) is 0 Å². The van der Waals surface area contributed by atoms with Crippen LogP contribution in [0.2, 0.25) is 0 Å². The van der Waals surface area contributed by atoms with Crippen LogP contribution in [0, 0.1) is 17.6 Å². The minimum Gasteiger partial charge on any atom is -0.387 e. The van der Waals surface area contributed by atoms with E-state index in [4.69, 9.17) is 0 Å². The lowest BCUT2D eigenvalue weighted by Crippen LogP contribution is -2.30. The molecule has 1 aromatic rings. The van der Waals surface area contributed by atoms with E-state index < -0.39 is 17.7 Å². The van der Waals surface area contributed by atoms with Gasteiger partial charge in [0.1, 0.15) is 0 Å². The fourth-order valence-electron chi connectivity index (χ4n) is 1.96. The highest BCUT2D eigenvalue weighted by atomic mass is 19.2. The largest absolute Gasteiger partial charge is 0.387 e. The first-order valence-corrected chi connectivity index (χ1v) is 6.00. The summed E-state index contributed by atoms with van der Waals surface area (Å²) in [5, 5.41) is 12.9. The van der Waals surface area contributed by atoms with E-state index in [1.54, 1.807) is 0 Å². The summed E-state index contributed by atoms with van der Waals surface area (Å²) in [5.41, 5.74) is 0.407. The van der Waals surface area contributed by atoms with Crippen LogP contribution in [-0.2, 0) is 0 Å². The highest BCUT2D eigenvalue weighted by Crippen LogP contribution is 2.25. The summed E-state index contributed by atoms with van der Waals surface area (Å²) < 4.78 is 25.6. The van der Waals surface area contributed by atoms with E-state index in [1.165, 1.54) is 25.3 Å². The van der Waals surface area contributed by atoms with Gasteiger partial charge in [0.25, 0.3) is 0 Å². The Morgan fingerprint density at radius 1 is 1.29 bits per heavy atom. The molecule has 0 aliphatic heterocycles. The molecular formula is C13H17F2NO. The molecule has 1 aromatic carbocycles. The van der Waals surface area contributed by atoms with Gasteiger partial charge < -0.3 is 10.4 Å². The van der Waals surface area contributed by atoms with Gasteiger partial charge in [0.05, 0.1) is 6.10 Å². The molecule has 1 fully saturated rings. The summed E-state index contributed by atoms with van der Waals surface area (Å²) >= 11 is 0. The Hall–Kier alpha value is -1.00. The first-order chi connectivity index (χ1) is 8.16. The van der Waals surface area contributed by atoms with Gasteiger partial charge in [0.15, 0.2) is 11.6 Å². The van der Waals surface area contributed by atoms with E-state index in [2.05, 4.69) is 5.32 Å². The van der Waals surface area contributed by atoms with Crippen molar-refractivity contribution in [3.8, 4) is 0 Å². The van der Waals surface area contributed by atoms with Crippen LogP contribution >= 0.6 is 0 Å². The predicted octanol–water partition coefficient (Wildman–Crippen LogP) is 2.39. The smallest absolute Gasteiger partial charge is 0.159 e. The molecule has 0 spiro atoms. The molecule has 0 radical (unpaired) electrons. The van der Waals surface area contributed by atoms with Gasteiger partial charge in [-0.1, -0.05) is 12.5 Å². The fourth-order valence-corrected chi connectivity index (χ4v) is 1.96. The SMILES string of the molecule is OC(CNCC1CCC1)c1ccc(F)c(F)c1. The predicted molar refractivity (Wildman–Crippen MR) is 61.5 cm³/mol. The normalized spacial score (nSPS) is 17.8. The monoisotopic (exact) mass is 241 g/mol. The van der Waals surface area contributed by atoms with Gasteiger partial charge in [0.2, 0.25) is 0 Å². The van der Waals surface area contributed by atoms with E-state index in [-0.39, 0.29) is 0 Å². The zero-order valence-electron chi connectivity index (χ0n) is 9.63. The van der Waals surface area contributed by atoms with Crippen LogP contribution in [0.4, 0.5) is 8.78 Å². The average Bonchev–Trinajstić information content (AvgIpc) is 2.25. The Morgan fingerprint density at radius 2 is 2.06 bits per heavy atom. The summed E-state index contributed by atoms with van der Waals surface area (Å²) in [7, 11) is 0. The van der Waals surface area contributed by atoms with Crippen molar-refractivity contribution in [3.63, 3.8) is 0 Å². The van der Waals surface area contributed by atoms with Gasteiger partial charge >= 0.3 is 0 Å². The molecule has 94 valence electrons. The Morgan fingerprint density at radius 3 is 2.65 bits per heavy atom. The van der Waals surface area contributed by atoms with Crippen molar-refractivity contribution in [2.24, 2.45) is 5.92 Å². The minimum atomic E-state index is -0.916. The molecule has 0 saturated heterocycles. The third-order valence-corrected chi connectivity index (χ3v) is 3.32. The van der Waals surface area contributed by atoms with Crippen molar-refractivity contribution < 1.29 is 13.9 Å². The van der Waals surface area contributed by atoms with Crippen molar-refractivity contribution in [3.05, 3.63) is 35.4 Å². The second-order valence-electron chi connectivity index (χ2n) is 4.64. The lowest BCUT2D eigenvalue weighted by atomic mass is 9.85. The minimum absolute atomic E-state index is 0.377. The summed E-state index contributed by atoms with van der Waals surface area (Å²) in [6, 6.07) is 3.50. The van der Waals surface area contributed by atoms with Gasteiger partial charge in [-0.25, -0.2) is 8.78 Å². The maximum absolute atomic E-state index is 12.9. The third kappa shape index (κ3) is 3.23. The molecule has 0 bridgehead atoms. The van der Waals surface area contributed by atoms with Crippen molar-refractivity contribution >= 4 is 0 Å². The number of nitrogens with one attached hydrogen (secondary N) is 1. The molecule has 1 saturated carbocycles. The molecule has 1 atom stereocenters. The van der Waals surface area contributed by atoms with E-state index >= 15 is 0 Å². The molecule has 2 N–H and O–H groups in total. The van der Waals surface area contributed by atoms with E-state index in [0.717, 1.165) is 18.7 Å². The zero-order valence-corrected chi connectivity index (χ0v) is 9.63. The Labute approximate surface area is 99.7 Å². The molecule has 1 unspecified atom stereocenters. The first kappa shape index (κ1) is 12.5. The number of aliphatic hydroxyl groups excluding tert-OH is 1. The molecule has 0 heterocycles. The quantitative estimate of drug-likeness (QED) is 0.829. The second kappa shape index (κ2) is 5.56. The highest BCUT2D eigenvalue weighted by Gasteiger charge is 2.17. The van der Waals surface area contributed by atoms with Crippen molar-refractivity contribution in [2.45, 2.75) is 25.4 Å². The van der Waals surface area contributed by atoms with Crippen LogP contribution in [0.1, 0.15) is 30.9 Å². The Bertz CT molecular complexity index is 380. The van der Waals surface area contributed by atoms with E-state index in [0.29, 0.717) is 18.0 Å². The van der Waals surface area contributed by atoms with Gasteiger partial charge in [0, 0.05) is 6.54 Å². The standard InChI is InChI=1S/C13H17F2NO/c14-11-5-4-10(6-12(11)15)13(17)8-16-7-9-2-1-3-9/h4-6,9,13,16-17H,1-3,7-8H2. The van der Waals surface area contributed by atoms with Crippen LogP contribution in [0.5, 0.6) is 0 Å². The van der Waals surface area contributed by atoms with E-state index in [1.807, 2.05) is 0 Å². The van der Waals surface area contributed by atoms with Crippen LogP contribution in [0.25, 0.3) is 0 Å². The van der Waals surface area contributed by atoms with Gasteiger partial charge in [-0.15, -0.1) is 0 Å². The van der Waals surface area contributed by atoms with Gasteiger partial charge in [-0.05, 0) is 43.0 Å². The molecule has 2 rings (SSSR count). The number of benzene rings is 1. The summed E-state index contributed by atoms with van der Waals surface area (Å²) in [6.07, 6.45) is 2.99. The van der Waals surface area contributed by atoms with Crippen LogP contribution in [0.3, 0.4) is 0 Å². The summed E-state index contributed by atoms with van der Waals surface area (Å²) in [5.74, 6) is -1.09. The first-order valence-electron chi connectivity index (χ1n) is 6.00. The van der Waals surface area contributed by atoms with Crippen molar-refractivity contribution in [1.82, 2.24) is 5.32 Å². The number of rotatable bonds is 5. The zero-order chi connectivity index (χ0) is 12.3. The number of hydrogen-bond donors (Lipinski definition) is 2. The van der Waals surface area contributed by atoms with Crippen LogP contribution < -0.4 is 5.32 Å². The summed E-state index contributed by atoms with van der Waals surface area (Å²) in [4.78, 5) is 0. The molecule has 0 aromatic heterocycles. The molecule has 17 heavy (non-hydrogen) atoms. The van der Waals surface area contributed by atoms with Gasteiger partial charge in [-0.3, -0.25) is 0 Å². The lowest BCUT2D eigenvalue weighted by molar-refractivity contribution is 0.168. The Kier molecular flexibility index (Phi) is 4.07. The van der Waals surface area contributed by atoms with Crippen molar-refractivity contribution in [2.75, 3.05) is 13.1 Å². The van der Waals surface area contributed by atoms with Crippen LogP contribution in [-0.4, -0.2) is 18.2 Å². The number of halogens is 2. The van der Waals surface area contributed by atoms with Crippen LogP contribution in [0.15, 0.2) is 18.2 Å². The number of aliphatic hydroxyl groups is 1. The maximum atomic E-state index is 12.9. The fraction of sp³-hybridized carbons (Fsp3) is 0.538. The number of hydrogen-bond acceptors (Lipinski definition) is 2. The maximum Gasteiger partial charge on any atom is 0.159 e. The highest BCUT2D eigenvalue weighted by molar-refractivity contribution is 5.20. The molecule has 1 aliphatic rings. The lowest BCUT2D eigenvalue weighted by Gasteiger charge is -2.26. The third-order valence-electron chi connectivity index (χ3n) is 3.32. The second-order valence-corrected chi connectivity index (χ2v) is 4.64. The average molecular weight is 241 g/mol. The van der Waals surface area contributed by atoms with Gasteiger partial charge in [-0.2, -0.15) is 0 Å². The molecule has 0 amide bonds.